The van der Waals surface area contributed by atoms with Gasteiger partial charge in [-0.1, -0.05) is 54.3 Å². The van der Waals surface area contributed by atoms with E-state index in [0.717, 1.165) is 44.2 Å². The average molecular weight is 377 g/mol. The zero-order valence-electron chi connectivity index (χ0n) is 16.4. The molecule has 146 valence electrons. The Labute approximate surface area is 166 Å². The Morgan fingerprint density at radius 2 is 2.14 bits per heavy atom. The monoisotopic (exact) mass is 377 g/mol. The summed E-state index contributed by atoms with van der Waals surface area (Å²) < 4.78 is 5.03. The number of amides is 1. The van der Waals surface area contributed by atoms with Gasteiger partial charge in [-0.25, -0.2) is 4.79 Å². The third-order valence-corrected chi connectivity index (χ3v) is 6.53. The molecule has 4 rings (SSSR count). The van der Waals surface area contributed by atoms with Crippen LogP contribution in [-0.4, -0.2) is 35.5 Å². The van der Waals surface area contributed by atoms with Gasteiger partial charge < -0.3 is 9.64 Å². The van der Waals surface area contributed by atoms with Gasteiger partial charge in [0.15, 0.2) is 0 Å². The molecule has 0 bridgehead atoms. The minimum absolute atomic E-state index is 0.105. The third kappa shape index (κ3) is 3.24. The maximum absolute atomic E-state index is 12.7. The lowest BCUT2D eigenvalue weighted by atomic mass is 9.76. The van der Waals surface area contributed by atoms with E-state index in [9.17, 15) is 9.59 Å². The molecule has 1 aliphatic carbocycles. The molecule has 2 heterocycles. The number of rotatable bonds is 2. The highest BCUT2D eigenvalue weighted by Crippen LogP contribution is 2.56. The highest BCUT2D eigenvalue weighted by molar-refractivity contribution is 5.89. The van der Waals surface area contributed by atoms with E-state index in [-0.39, 0.29) is 17.4 Å². The van der Waals surface area contributed by atoms with Gasteiger partial charge in [0.05, 0.1) is 18.1 Å². The van der Waals surface area contributed by atoms with Crippen molar-refractivity contribution in [2.75, 3.05) is 13.2 Å². The van der Waals surface area contributed by atoms with Crippen LogP contribution >= 0.6 is 0 Å². The summed E-state index contributed by atoms with van der Waals surface area (Å²) in [4.78, 5) is 26.8. The Morgan fingerprint density at radius 1 is 1.32 bits per heavy atom. The molecule has 0 N–H and O–H groups in total. The van der Waals surface area contributed by atoms with Crippen molar-refractivity contribution in [3.05, 3.63) is 41.5 Å². The van der Waals surface area contributed by atoms with Crippen LogP contribution in [0.1, 0.15) is 51.0 Å². The van der Waals surface area contributed by atoms with Gasteiger partial charge in [-0.05, 0) is 44.1 Å². The summed E-state index contributed by atoms with van der Waals surface area (Å²) >= 11 is 0. The molecule has 2 aliphatic heterocycles. The summed E-state index contributed by atoms with van der Waals surface area (Å²) in [6.07, 6.45) is 7.91. The van der Waals surface area contributed by atoms with E-state index >= 15 is 0 Å². The van der Waals surface area contributed by atoms with Crippen LogP contribution < -0.4 is 0 Å². The lowest BCUT2D eigenvalue weighted by molar-refractivity contribution is -0.136. The molecule has 0 unspecified atom stereocenters. The molecule has 4 heteroatoms. The van der Waals surface area contributed by atoms with E-state index in [1.807, 2.05) is 18.2 Å². The zero-order valence-corrected chi connectivity index (χ0v) is 16.4. The molecule has 3 fully saturated rings. The second-order valence-electron chi connectivity index (χ2n) is 7.99. The molecule has 1 aromatic carbocycles. The maximum Gasteiger partial charge on any atom is 0.384 e. The molecule has 1 spiro atoms. The molecule has 3 atom stereocenters. The van der Waals surface area contributed by atoms with Crippen molar-refractivity contribution in [1.29, 1.82) is 0 Å². The SMILES string of the molecule is CCOC(=O)C#C[C@H]1/C(=C/c2ccccc2)C[C@@H]2CCCCN3C(=O)CC[C@@]213. The summed E-state index contributed by atoms with van der Waals surface area (Å²) in [6, 6.07) is 10.2. The molecule has 4 nitrogen and oxygen atoms in total. The fourth-order valence-corrected chi connectivity index (χ4v) is 5.44. The number of ether oxygens (including phenoxy) is 1. The molecule has 1 aromatic rings. The first-order valence-corrected chi connectivity index (χ1v) is 10.4. The second-order valence-corrected chi connectivity index (χ2v) is 7.99. The van der Waals surface area contributed by atoms with Crippen LogP contribution in [0.25, 0.3) is 6.08 Å². The molecule has 2 saturated heterocycles. The van der Waals surface area contributed by atoms with Crippen molar-refractivity contribution < 1.29 is 14.3 Å². The summed E-state index contributed by atoms with van der Waals surface area (Å²) in [5.74, 6) is 6.06. The maximum atomic E-state index is 12.7. The number of nitrogens with zero attached hydrogens (tertiary/aromatic N) is 1. The first-order chi connectivity index (χ1) is 13.6. The number of hydrogen-bond donors (Lipinski definition) is 0. The topological polar surface area (TPSA) is 46.6 Å². The standard InChI is InChI=1S/C24H27NO3/c1-2-28-23(27)12-11-21-19(16-18-8-4-3-5-9-18)17-20-10-6-7-15-25-22(26)13-14-24(20,21)25/h3-5,8-9,16,20-21H,2,6-7,10,13-15,17H2,1H3/b19-16+/t20-,21-,24+/m0/s1. The fraction of sp³-hybridized carbons (Fsp3) is 0.500. The Kier molecular flexibility index (Phi) is 5.26. The number of carbonyl (C=O) groups is 2. The third-order valence-electron chi connectivity index (χ3n) is 6.53. The van der Waals surface area contributed by atoms with Crippen molar-refractivity contribution >= 4 is 18.0 Å². The van der Waals surface area contributed by atoms with Gasteiger partial charge in [-0.3, -0.25) is 4.79 Å². The fourth-order valence-electron chi connectivity index (χ4n) is 5.44. The summed E-state index contributed by atoms with van der Waals surface area (Å²) in [7, 11) is 0. The Bertz CT molecular complexity index is 848. The summed E-state index contributed by atoms with van der Waals surface area (Å²) in [5, 5.41) is 0. The first kappa shape index (κ1) is 18.8. The largest absolute Gasteiger partial charge is 0.456 e. The number of carbonyl (C=O) groups excluding carboxylic acids is 2. The van der Waals surface area contributed by atoms with Crippen LogP contribution in [0.5, 0.6) is 0 Å². The zero-order chi connectivity index (χ0) is 19.6. The molecule has 1 amide bonds. The highest BCUT2D eigenvalue weighted by atomic mass is 16.5. The summed E-state index contributed by atoms with van der Waals surface area (Å²) in [6.45, 7) is 2.92. The molecule has 1 saturated carbocycles. The number of hydrogen-bond acceptors (Lipinski definition) is 3. The van der Waals surface area contributed by atoms with Crippen LogP contribution in [0.15, 0.2) is 35.9 Å². The van der Waals surface area contributed by atoms with Crippen LogP contribution in [0.3, 0.4) is 0 Å². The molecule has 3 aliphatic rings. The number of esters is 1. The predicted octanol–water partition coefficient (Wildman–Crippen LogP) is 3.82. The van der Waals surface area contributed by atoms with Gasteiger partial charge in [-0.2, -0.15) is 0 Å². The molecular formula is C24H27NO3. The predicted molar refractivity (Wildman–Crippen MR) is 108 cm³/mol. The molecule has 28 heavy (non-hydrogen) atoms. The van der Waals surface area contributed by atoms with Gasteiger partial charge in [0.1, 0.15) is 0 Å². The first-order valence-electron chi connectivity index (χ1n) is 10.4. The lowest BCUT2D eigenvalue weighted by Gasteiger charge is -2.41. The van der Waals surface area contributed by atoms with Crippen molar-refractivity contribution in [2.45, 2.75) is 51.0 Å². The Balaban J connectivity index is 1.78. The smallest absolute Gasteiger partial charge is 0.384 e. The molecule has 0 aromatic heterocycles. The minimum atomic E-state index is -0.481. The van der Waals surface area contributed by atoms with Crippen molar-refractivity contribution in [2.24, 2.45) is 11.8 Å². The van der Waals surface area contributed by atoms with Crippen molar-refractivity contribution in [3.63, 3.8) is 0 Å². The number of benzene rings is 1. The van der Waals surface area contributed by atoms with Crippen molar-refractivity contribution in [1.82, 2.24) is 4.90 Å². The van der Waals surface area contributed by atoms with E-state index in [0.29, 0.717) is 18.9 Å². The average Bonchev–Trinajstić information content (AvgIpc) is 3.09. The van der Waals surface area contributed by atoms with Crippen LogP contribution in [0.2, 0.25) is 0 Å². The van der Waals surface area contributed by atoms with E-state index in [1.54, 1.807) is 6.92 Å². The van der Waals surface area contributed by atoms with E-state index in [2.05, 4.69) is 34.9 Å². The van der Waals surface area contributed by atoms with Gasteiger partial charge in [0.25, 0.3) is 0 Å². The van der Waals surface area contributed by atoms with Gasteiger partial charge in [0, 0.05) is 18.9 Å². The van der Waals surface area contributed by atoms with Crippen molar-refractivity contribution in [3.8, 4) is 11.8 Å². The quantitative estimate of drug-likeness (QED) is 0.447. The highest BCUT2D eigenvalue weighted by Gasteiger charge is 2.59. The minimum Gasteiger partial charge on any atom is -0.456 e. The van der Waals surface area contributed by atoms with E-state index < -0.39 is 5.97 Å². The molecular weight excluding hydrogens is 350 g/mol. The van der Waals surface area contributed by atoms with E-state index in [4.69, 9.17) is 4.74 Å². The van der Waals surface area contributed by atoms with Gasteiger partial charge in [0.2, 0.25) is 5.91 Å². The second kappa shape index (κ2) is 7.83. The van der Waals surface area contributed by atoms with Crippen LogP contribution in [-0.2, 0) is 14.3 Å². The molecule has 0 radical (unpaired) electrons. The van der Waals surface area contributed by atoms with Gasteiger partial charge >= 0.3 is 5.97 Å². The Hall–Kier alpha value is -2.54. The van der Waals surface area contributed by atoms with Crippen LogP contribution in [0.4, 0.5) is 0 Å². The summed E-state index contributed by atoms with van der Waals surface area (Å²) in [5.41, 5.74) is 2.13. The normalized spacial score (nSPS) is 30.2. The lowest BCUT2D eigenvalue weighted by Crippen LogP contribution is -2.51. The Morgan fingerprint density at radius 3 is 2.93 bits per heavy atom. The van der Waals surface area contributed by atoms with E-state index in [1.165, 1.54) is 5.57 Å². The van der Waals surface area contributed by atoms with Gasteiger partial charge in [-0.15, -0.1) is 0 Å². The van der Waals surface area contributed by atoms with Crippen LogP contribution in [0, 0.1) is 23.7 Å².